The van der Waals surface area contributed by atoms with Gasteiger partial charge < -0.3 is 14.7 Å². The van der Waals surface area contributed by atoms with Gasteiger partial charge in [-0.15, -0.1) is 0 Å². The van der Waals surface area contributed by atoms with E-state index < -0.39 is 16.8 Å². The summed E-state index contributed by atoms with van der Waals surface area (Å²) in [6.45, 7) is 9.67. The second-order valence-corrected chi connectivity index (χ2v) is 13.3. The molecular formula is C41H37N4O4+. The van der Waals surface area contributed by atoms with Crippen molar-refractivity contribution in [2.45, 2.75) is 44.9 Å². The van der Waals surface area contributed by atoms with E-state index in [1.54, 1.807) is 12.1 Å². The van der Waals surface area contributed by atoms with Crippen LogP contribution in [-0.2, 0) is 25.2 Å². The van der Waals surface area contributed by atoms with Crippen LogP contribution in [0.4, 0.5) is 11.4 Å². The zero-order valence-electron chi connectivity index (χ0n) is 28.0. The number of carbonyl (C=O) groups excluding carboxylic acids is 1. The number of nitriles is 2. The number of hydrogen-bond acceptors (Lipinski definition) is 6. The third-order valence-corrected chi connectivity index (χ3v) is 9.74. The number of aliphatic carboxylic acids is 1. The number of carboxylic acids is 1. The maximum absolute atomic E-state index is 11.9. The van der Waals surface area contributed by atoms with Gasteiger partial charge in [-0.05, 0) is 72.0 Å². The van der Waals surface area contributed by atoms with Gasteiger partial charge in [-0.2, -0.15) is 15.1 Å². The molecule has 0 aromatic heterocycles. The van der Waals surface area contributed by atoms with Gasteiger partial charge in [0.1, 0.15) is 24.7 Å². The lowest BCUT2D eigenvalue weighted by molar-refractivity contribution is -0.435. The third-order valence-electron chi connectivity index (χ3n) is 9.74. The molecule has 0 radical (unpaired) electrons. The Bertz CT molecular complexity index is 2240. The number of anilines is 1. The SMILES string of the molecule is CC1(C)C(/C(C#N)=C/C=C/C=C2\N(CCOC=O)c3ccc(C#N)cc3C2(C)C)=[N+](CCC(=O)O)c2c1c1ccccc1c1ccccc21. The molecule has 8 heteroatoms. The Morgan fingerprint density at radius 2 is 1.61 bits per heavy atom. The third kappa shape index (κ3) is 5.56. The molecule has 0 saturated heterocycles. The van der Waals surface area contributed by atoms with Crippen LogP contribution in [0.1, 0.15) is 50.8 Å². The molecule has 0 unspecified atom stereocenters. The molecule has 0 bridgehead atoms. The number of benzene rings is 4. The van der Waals surface area contributed by atoms with Crippen LogP contribution in [0.2, 0.25) is 0 Å². The highest BCUT2D eigenvalue weighted by atomic mass is 16.5. The highest BCUT2D eigenvalue weighted by molar-refractivity contribution is 6.20. The average Bonchev–Trinajstić information content (AvgIpc) is 3.46. The van der Waals surface area contributed by atoms with E-state index in [4.69, 9.17) is 4.74 Å². The zero-order valence-corrected chi connectivity index (χ0v) is 28.0. The summed E-state index contributed by atoms with van der Waals surface area (Å²) in [6.07, 6.45) is 7.42. The Kier molecular flexibility index (Phi) is 8.67. The smallest absolute Gasteiger partial charge is 0.309 e. The lowest BCUT2D eigenvalue weighted by atomic mass is 9.76. The first-order valence-electron chi connectivity index (χ1n) is 16.2. The van der Waals surface area contributed by atoms with Crippen molar-refractivity contribution >= 4 is 51.1 Å². The fourth-order valence-corrected chi connectivity index (χ4v) is 7.66. The summed E-state index contributed by atoms with van der Waals surface area (Å²) in [4.78, 5) is 24.9. The van der Waals surface area contributed by atoms with Gasteiger partial charge in [-0.1, -0.05) is 68.5 Å². The zero-order chi connectivity index (χ0) is 34.9. The van der Waals surface area contributed by atoms with Crippen LogP contribution in [0.25, 0.3) is 21.5 Å². The van der Waals surface area contributed by atoms with Crippen molar-refractivity contribution in [1.82, 2.24) is 0 Å². The largest absolute Gasteiger partial charge is 0.481 e. The summed E-state index contributed by atoms with van der Waals surface area (Å²) in [5.74, 6) is -0.908. The van der Waals surface area contributed by atoms with Crippen LogP contribution in [0, 0.1) is 22.7 Å². The van der Waals surface area contributed by atoms with Gasteiger partial charge >= 0.3 is 5.97 Å². The molecule has 6 rings (SSSR count). The summed E-state index contributed by atoms with van der Waals surface area (Å²) in [7, 11) is 0. The Morgan fingerprint density at radius 3 is 2.27 bits per heavy atom. The van der Waals surface area contributed by atoms with Crippen molar-refractivity contribution in [3.8, 4) is 12.1 Å². The lowest BCUT2D eigenvalue weighted by Crippen LogP contribution is -2.31. The number of ether oxygens (including phenoxy) is 1. The maximum Gasteiger partial charge on any atom is 0.309 e. The number of fused-ring (bicyclic) bond motifs is 7. The number of nitrogens with zero attached hydrogens (tertiary/aromatic N) is 4. The monoisotopic (exact) mass is 649 g/mol. The van der Waals surface area contributed by atoms with Crippen LogP contribution in [0.5, 0.6) is 0 Å². The normalized spacial score (nSPS) is 17.0. The van der Waals surface area contributed by atoms with Gasteiger partial charge in [-0.3, -0.25) is 9.59 Å². The van der Waals surface area contributed by atoms with Crippen LogP contribution >= 0.6 is 0 Å². The van der Waals surface area contributed by atoms with Crippen molar-refractivity contribution in [1.29, 1.82) is 10.5 Å². The Labute approximate surface area is 285 Å². The highest BCUT2D eigenvalue weighted by Crippen LogP contribution is 2.50. The Balaban J connectivity index is 1.47. The highest BCUT2D eigenvalue weighted by Gasteiger charge is 2.49. The molecule has 0 amide bonds. The summed E-state index contributed by atoms with van der Waals surface area (Å²) in [6, 6.07) is 26.7. The van der Waals surface area contributed by atoms with E-state index in [9.17, 15) is 25.2 Å². The molecule has 2 aliphatic heterocycles. The predicted molar refractivity (Wildman–Crippen MR) is 191 cm³/mol. The van der Waals surface area contributed by atoms with Crippen molar-refractivity contribution in [3.63, 3.8) is 0 Å². The molecule has 244 valence electrons. The summed E-state index contributed by atoms with van der Waals surface area (Å²) >= 11 is 0. The minimum atomic E-state index is -0.908. The molecule has 0 spiro atoms. The van der Waals surface area contributed by atoms with Crippen LogP contribution in [-0.4, -0.2) is 47.5 Å². The molecule has 0 atom stereocenters. The molecule has 4 aromatic rings. The first kappa shape index (κ1) is 32.9. The first-order valence-corrected chi connectivity index (χ1v) is 16.2. The quantitative estimate of drug-likeness (QED) is 0.0470. The second-order valence-electron chi connectivity index (χ2n) is 13.3. The van der Waals surface area contributed by atoms with Gasteiger partial charge in [-0.25, -0.2) is 0 Å². The molecule has 2 aliphatic rings. The van der Waals surface area contributed by atoms with E-state index in [2.05, 4.69) is 69.0 Å². The van der Waals surface area contributed by atoms with Gasteiger partial charge in [0.2, 0.25) is 11.4 Å². The number of carbonyl (C=O) groups is 2. The van der Waals surface area contributed by atoms with Gasteiger partial charge in [0.25, 0.3) is 6.47 Å². The number of allylic oxidation sites excluding steroid dienone is 6. The second kappa shape index (κ2) is 12.9. The molecular weight excluding hydrogens is 612 g/mol. The fraction of sp³-hybridized carbons (Fsp3) is 0.244. The van der Waals surface area contributed by atoms with Crippen LogP contribution in [0.3, 0.4) is 0 Å². The minimum Gasteiger partial charge on any atom is -0.481 e. The van der Waals surface area contributed by atoms with Gasteiger partial charge in [0, 0.05) is 22.4 Å². The Hall–Kier alpha value is -5.99. The molecule has 49 heavy (non-hydrogen) atoms. The minimum absolute atomic E-state index is 0.0897. The molecule has 2 heterocycles. The topological polar surface area (TPSA) is 117 Å². The molecule has 0 saturated carbocycles. The summed E-state index contributed by atoms with van der Waals surface area (Å²) in [5, 5.41) is 34.2. The Morgan fingerprint density at radius 1 is 0.939 bits per heavy atom. The van der Waals surface area contributed by atoms with Crippen molar-refractivity contribution in [2.24, 2.45) is 0 Å². The lowest BCUT2D eigenvalue weighted by Gasteiger charge is -2.26. The molecule has 4 aromatic carbocycles. The van der Waals surface area contributed by atoms with E-state index in [1.807, 2.05) is 59.2 Å². The molecule has 1 N–H and O–H groups in total. The van der Waals surface area contributed by atoms with E-state index in [1.165, 1.54) is 0 Å². The molecule has 0 aliphatic carbocycles. The van der Waals surface area contributed by atoms with Crippen LogP contribution in [0.15, 0.2) is 102 Å². The summed E-state index contributed by atoms with van der Waals surface area (Å²) < 4.78 is 7.07. The van der Waals surface area contributed by atoms with E-state index in [0.717, 1.165) is 55.5 Å². The summed E-state index contributed by atoms with van der Waals surface area (Å²) in [5.41, 5.74) is 5.62. The first-order chi connectivity index (χ1) is 23.6. The fourth-order valence-electron chi connectivity index (χ4n) is 7.66. The molecule has 8 nitrogen and oxygen atoms in total. The standard InChI is InChI=1S/C41H36N4O4/c1-40(2)33-23-27(24-42)17-18-34(33)44(21-22-49-26-46)35(40)16-10-5-11-28(25-43)39-41(3,4)37-31-14-8-6-12-29(31)30-13-7-9-15-32(30)38(37)45(39)20-19-36(47)48/h5-18,23,26H,19-22H2,1-4H3/p+1. The maximum atomic E-state index is 11.9. The number of rotatable bonds is 10. The average molecular weight is 650 g/mol. The number of carboxylic acid groups (broad SMARTS) is 1. The van der Waals surface area contributed by atoms with Gasteiger partial charge in [0.05, 0.1) is 29.0 Å². The van der Waals surface area contributed by atoms with E-state index in [-0.39, 0.29) is 19.6 Å². The van der Waals surface area contributed by atoms with Crippen LogP contribution < -0.4 is 4.90 Å². The van der Waals surface area contributed by atoms with E-state index in [0.29, 0.717) is 24.2 Å². The number of hydrogen-bond donors (Lipinski definition) is 1. The van der Waals surface area contributed by atoms with Crippen molar-refractivity contribution in [2.75, 3.05) is 24.6 Å². The predicted octanol–water partition coefficient (Wildman–Crippen LogP) is 7.58. The van der Waals surface area contributed by atoms with Crippen molar-refractivity contribution in [3.05, 3.63) is 119 Å². The van der Waals surface area contributed by atoms with E-state index >= 15 is 0 Å². The van der Waals surface area contributed by atoms with Crippen molar-refractivity contribution < 1.29 is 24.0 Å². The molecule has 0 fully saturated rings. The van der Waals surface area contributed by atoms with Gasteiger partial charge in [0.15, 0.2) is 6.54 Å².